The number of rotatable bonds is 2. The molecule has 0 amide bonds. The van der Waals surface area contributed by atoms with Gasteiger partial charge in [0.25, 0.3) is 10.1 Å². The summed E-state index contributed by atoms with van der Waals surface area (Å²) < 4.78 is 31.1. The quantitative estimate of drug-likeness (QED) is 0.769. The molecule has 0 heterocycles. The van der Waals surface area contributed by atoms with E-state index in [0.717, 1.165) is 5.56 Å². The second kappa shape index (κ2) is 3.71. The largest absolute Gasteiger partial charge is 0.294 e. The van der Waals surface area contributed by atoms with Gasteiger partial charge >= 0.3 is 0 Å². The zero-order chi connectivity index (χ0) is 10.9. The summed E-state index contributed by atoms with van der Waals surface area (Å²) in [6, 6.07) is 5.07. The van der Waals surface area contributed by atoms with Crippen molar-refractivity contribution in [3.8, 4) is 0 Å². The van der Waals surface area contributed by atoms with E-state index >= 15 is 0 Å². The predicted octanol–water partition coefficient (Wildman–Crippen LogP) is 2.37. The van der Waals surface area contributed by atoms with Crippen LogP contribution in [0, 0.1) is 6.92 Å². The molecule has 78 valence electrons. The third-order valence-corrected chi connectivity index (χ3v) is 2.98. The van der Waals surface area contributed by atoms with Gasteiger partial charge in [0.2, 0.25) is 0 Å². The van der Waals surface area contributed by atoms with E-state index in [0.29, 0.717) is 5.56 Å². The van der Waals surface area contributed by atoms with Gasteiger partial charge in [-0.3, -0.25) is 4.55 Å². The molecule has 3 nitrogen and oxygen atoms in total. The summed E-state index contributed by atoms with van der Waals surface area (Å²) in [6.45, 7) is 5.57. The lowest BCUT2D eigenvalue weighted by Gasteiger charge is -2.10. The Labute approximate surface area is 84.5 Å². The van der Waals surface area contributed by atoms with E-state index in [-0.39, 0.29) is 10.8 Å². The second-order valence-electron chi connectivity index (χ2n) is 3.67. The maximum absolute atomic E-state index is 11.1. The fourth-order valence-electron chi connectivity index (χ4n) is 1.34. The van der Waals surface area contributed by atoms with Crippen molar-refractivity contribution in [2.24, 2.45) is 0 Å². The van der Waals surface area contributed by atoms with Crippen LogP contribution in [0.25, 0.3) is 0 Å². The molecule has 0 radical (unpaired) electrons. The van der Waals surface area contributed by atoms with Crippen molar-refractivity contribution in [3.05, 3.63) is 29.3 Å². The van der Waals surface area contributed by atoms with Crippen molar-refractivity contribution >= 4 is 10.1 Å². The molecular formula is C10H14O3S. The molecule has 0 fully saturated rings. The summed E-state index contributed by atoms with van der Waals surface area (Å²) in [7, 11) is -4.10. The van der Waals surface area contributed by atoms with E-state index in [1.165, 1.54) is 6.07 Å². The van der Waals surface area contributed by atoms with Crippen LogP contribution in [0.1, 0.15) is 30.9 Å². The third-order valence-electron chi connectivity index (χ3n) is 2.07. The monoisotopic (exact) mass is 214 g/mol. The Balaban J connectivity index is 3.46. The summed E-state index contributed by atoms with van der Waals surface area (Å²) in [5.41, 5.74) is 1.47. The van der Waals surface area contributed by atoms with E-state index in [2.05, 4.69) is 0 Å². The van der Waals surface area contributed by atoms with Gasteiger partial charge in [0.15, 0.2) is 0 Å². The maximum atomic E-state index is 11.1. The van der Waals surface area contributed by atoms with Crippen molar-refractivity contribution in [1.29, 1.82) is 0 Å². The minimum absolute atomic E-state index is 0.0208. The van der Waals surface area contributed by atoms with Crippen LogP contribution in [0.2, 0.25) is 0 Å². The molecule has 1 aromatic carbocycles. The minimum atomic E-state index is -4.10. The smallest absolute Gasteiger partial charge is 0.282 e. The molecule has 0 saturated carbocycles. The molecule has 1 aromatic rings. The number of hydrogen-bond donors (Lipinski definition) is 1. The fourth-order valence-corrected chi connectivity index (χ4v) is 2.28. The van der Waals surface area contributed by atoms with E-state index in [1.807, 2.05) is 19.9 Å². The van der Waals surface area contributed by atoms with Gasteiger partial charge in [0, 0.05) is 0 Å². The number of benzene rings is 1. The summed E-state index contributed by atoms with van der Waals surface area (Å²) in [4.78, 5) is 0.0208. The van der Waals surface area contributed by atoms with Crippen LogP contribution >= 0.6 is 0 Å². The number of aryl methyl sites for hydroxylation is 1. The third kappa shape index (κ3) is 2.33. The molecule has 1 N–H and O–H groups in total. The lowest BCUT2D eigenvalue weighted by atomic mass is 10.0. The van der Waals surface area contributed by atoms with Crippen molar-refractivity contribution in [1.82, 2.24) is 0 Å². The van der Waals surface area contributed by atoms with Crippen LogP contribution in [-0.4, -0.2) is 13.0 Å². The van der Waals surface area contributed by atoms with Crippen molar-refractivity contribution in [3.63, 3.8) is 0 Å². The minimum Gasteiger partial charge on any atom is -0.282 e. The molecule has 0 unspecified atom stereocenters. The highest BCUT2D eigenvalue weighted by atomic mass is 32.2. The molecule has 0 spiro atoms. The lowest BCUT2D eigenvalue weighted by molar-refractivity contribution is 0.481. The Kier molecular flexibility index (Phi) is 2.97. The molecule has 0 aromatic heterocycles. The number of hydrogen-bond acceptors (Lipinski definition) is 2. The zero-order valence-electron chi connectivity index (χ0n) is 8.48. The highest BCUT2D eigenvalue weighted by molar-refractivity contribution is 7.85. The van der Waals surface area contributed by atoms with Gasteiger partial charge in [-0.15, -0.1) is 0 Å². The molecular weight excluding hydrogens is 200 g/mol. The molecule has 0 saturated heterocycles. The Morgan fingerprint density at radius 1 is 1.29 bits per heavy atom. The molecule has 0 atom stereocenters. The van der Waals surface area contributed by atoms with Crippen LogP contribution in [0.3, 0.4) is 0 Å². The summed E-state index contributed by atoms with van der Waals surface area (Å²) in [5, 5.41) is 0. The Morgan fingerprint density at radius 3 is 2.29 bits per heavy atom. The predicted molar refractivity (Wildman–Crippen MR) is 55.1 cm³/mol. The standard InChI is InChI=1S/C10H14O3S/c1-7(2)9-5-4-8(3)6-10(9)14(11,12)13/h4-7H,1-3H3,(H,11,12,13). The topological polar surface area (TPSA) is 54.4 Å². The first-order valence-electron chi connectivity index (χ1n) is 4.40. The van der Waals surface area contributed by atoms with Gasteiger partial charge in [-0.25, -0.2) is 0 Å². The highest BCUT2D eigenvalue weighted by Gasteiger charge is 2.17. The van der Waals surface area contributed by atoms with E-state index in [1.54, 1.807) is 13.0 Å². The first-order valence-corrected chi connectivity index (χ1v) is 5.84. The molecule has 0 aliphatic heterocycles. The van der Waals surface area contributed by atoms with Gasteiger partial charge in [-0.2, -0.15) is 8.42 Å². The van der Waals surface area contributed by atoms with Crippen LogP contribution in [0.5, 0.6) is 0 Å². The van der Waals surface area contributed by atoms with Crippen molar-refractivity contribution in [2.45, 2.75) is 31.6 Å². The fraction of sp³-hybridized carbons (Fsp3) is 0.400. The normalized spacial score (nSPS) is 12.1. The molecule has 4 heteroatoms. The summed E-state index contributed by atoms with van der Waals surface area (Å²) in [5.74, 6) is 0.0764. The van der Waals surface area contributed by atoms with Crippen LogP contribution in [0.4, 0.5) is 0 Å². The SMILES string of the molecule is Cc1ccc(C(C)C)c(S(=O)(=O)O)c1. The lowest BCUT2D eigenvalue weighted by Crippen LogP contribution is -2.04. The zero-order valence-corrected chi connectivity index (χ0v) is 9.30. The molecule has 1 rings (SSSR count). The van der Waals surface area contributed by atoms with Gasteiger partial charge in [-0.05, 0) is 30.0 Å². The van der Waals surface area contributed by atoms with Crippen molar-refractivity contribution in [2.75, 3.05) is 0 Å². The van der Waals surface area contributed by atoms with E-state index < -0.39 is 10.1 Å². The first-order chi connectivity index (χ1) is 6.32. The Bertz CT molecular complexity index is 433. The van der Waals surface area contributed by atoms with Gasteiger partial charge < -0.3 is 0 Å². The second-order valence-corrected chi connectivity index (χ2v) is 5.06. The van der Waals surface area contributed by atoms with Crippen LogP contribution < -0.4 is 0 Å². The Hall–Kier alpha value is -0.870. The van der Waals surface area contributed by atoms with Crippen molar-refractivity contribution < 1.29 is 13.0 Å². The van der Waals surface area contributed by atoms with Gasteiger partial charge in [0.05, 0.1) is 4.90 Å². The molecule has 0 aliphatic rings. The average molecular weight is 214 g/mol. The maximum Gasteiger partial charge on any atom is 0.294 e. The van der Waals surface area contributed by atoms with E-state index in [9.17, 15) is 8.42 Å². The summed E-state index contributed by atoms with van der Waals surface area (Å²) >= 11 is 0. The van der Waals surface area contributed by atoms with Crippen LogP contribution in [0.15, 0.2) is 23.1 Å². The summed E-state index contributed by atoms with van der Waals surface area (Å²) in [6.07, 6.45) is 0. The molecule has 0 bridgehead atoms. The van der Waals surface area contributed by atoms with E-state index in [4.69, 9.17) is 4.55 Å². The van der Waals surface area contributed by atoms with Gasteiger partial charge in [-0.1, -0.05) is 26.0 Å². The average Bonchev–Trinajstić information content (AvgIpc) is 2.01. The first kappa shape index (κ1) is 11.2. The van der Waals surface area contributed by atoms with Crippen LogP contribution in [-0.2, 0) is 10.1 Å². The highest BCUT2D eigenvalue weighted by Crippen LogP contribution is 2.24. The Morgan fingerprint density at radius 2 is 1.86 bits per heavy atom. The van der Waals surface area contributed by atoms with Gasteiger partial charge in [0.1, 0.15) is 0 Å². The molecule has 14 heavy (non-hydrogen) atoms. The molecule has 0 aliphatic carbocycles.